The Morgan fingerprint density at radius 2 is 1.89 bits per heavy atom. The van der Waals surface area contributed by atoms with E-state index in [9.17, 15) is 0 Å². The van der Waals surface area contributed by atoms with Gasteiger partial charge in [-0.1, -0.05) is 23.8 Å². The van der Waals surface area contributed by atoms with Gasteiger partial charge in [-0.2, -0.15) is 0 Å². The van der Waals surface area contributed by atoms with E-state index >= 15 is 0 Å². The van der Waals surface area contributed by atoms with E-state index in [-0.39, 0.29) is 0 Å². The monoisotopic (exact) mass is 257 g/mol. The first-order chi connectivity index (χ1) is 9.11. The number of rotatable bonds is 4. The average Bonchev–Trinajstić information content (AvgIpc) is 2.38. The van der Waals surface area contributed by atoms with Crippen LogP contribution in [0.1, 0.15) is 16.7 Å². The fourth-order valence-electron chi connectivity index (χ4n) is 2.04. The summed E-state index contributed by atoms with van der Waals surface area (Å²) in [7, 11) is 1.66. The molecular weight excluding hydrogens is 238 g/mol. The highest BCUT2D eigenvalue weighted by Crippen LogP contribution is 2.28. The molecule has 0 saturated carbocycles. The molecule has 0 heterocycles. The summed E-state index contributed by atoms with van der Waals surface area (Å²) in [6.07, 6.45) is 0. The Balaban J connectivity index is 2.21. The number of anilines is 1. The smallest absolute Gasteiger partial charge is 0.145 e. The average molecular weight is 257 g/mol. The molecule has 3 heteroatoms. The molecule has 0 unspecified atom stereocenters. The van der Waals surface area contributed by atoms with Crippen molar-refractivity contribution in [3.63, 3.8) is 0 Å². The van der Waals surface area contributed by atoms with Crippen LogP contribution >= 0.6 is 0 Å². The molecule has 2 N–H and O–H groups in total. The highest BCUT2D eigenvalue weighted by molar-refractivity contribution is 5.56. The summed E-state index contributed by atoms with van der Waals surface area (Å²) in [5.41, 5.74) is 9.82. The molecule has 0 aliphatic carbocycles. The Morgan fingerprint density at radius 3 is 2.58 bits per heavy atom. The van der Waals surface area contributed by atoms with Gasteiger partial charge in [0.2, 0.25) is 0 Å². The Kier molecular flexibility index (Phi) is 3.95. The molecule has 0 saturated heterocycles. The molecule has 0 bridgehead atoms. The molecular formula is C16H19NO2. The minimum absolute atomic E-state index is 0.444. The molecule has 0 aliphatic rings. The lowest BCUT2D eigenvalue weighted by Crippen LogP contribution is -2.02. The molecule has 0 fully saturated rings. The molecule has 2 aromatic carbocycles. The summed E-state index contributed by atoms with van der Waals surface area (Å²) in [5, 5.41) is 0. The second-order valence-electron chi connectivity index (χ2n) is 4.60. The van der Waals surface area contributed by atoms with Crippen LogP contribution in [0.4, 0.5) is 5.69 Å². The summed E-state index contributed by atoms with van der Waals surface area (Å²) in [5.74, 6) is 1.57. The fourth-order valence-corrected chi connectivity index (χ4v) is 2.04. The molecule has 2 rings (SSSR count). The van der Waals surface area contributed by atoms with Crippen molar-refractivity contribution in [2.75, 3.05) is 12.8 Å². The van der Waals surface area contributed by atoms with E-state index in [1.54, 1.807) is 7.11 Å². The molecule has 0 atom stereocenters. The lowest BCUT2D eigenvalue weighted by Gasteiger charge is -2.14. The minimum Gasteiger partial charge on any atom is -0.496 e. The van der Waals surface area contributed by atoms with Crippen LogP contribution in [0.5, 0.6) is 11.5 Å². The quantitative estimate of drug-likeness (QED) is 0.853. The van der Waals surface area contributed by atoms with Crippen molar-refractivity contribution >= 4 is 5.69 Å². The van der Waals surface area contributed by atoms with Gasteiger partial charge in [0.25, 0.3) is 0 Å². The summed E-state index contributed by atoms with van der Waals surface area (Å²) in [6, 6.07) is 11.8. The van der Waals surface area contributed by atoms with E-state index in [2.05, 4.69) is 6.07 Å². The van der Waals surface area contributed by atoms with Crippen LogP contribution in [-0.4, -0.2) is 7.11 Å². The van der Waals surface area contributed by atoms with E-state index in [0.29, 0.717) is 12.3 Å². The first-order valence-electron chi connectivity index (χ1n) is 6.23. The second-order valence-corrected chi connectivity index (χ2v) is 4.60. The van der Waals surface area contributed by atoms with Gasteiger partial charge in [-0.3, -0.25) is 0 Å². The lowest BCUT2D eigenvalue weighted by atomic mass is 10.1. The van der Waals surface area contributed by atoms with Gasteiger partial charge >= 0.3 is 0 Å². The van der Waals surface area contributed by atoms with Gasteiger partial charge in [-0.25, -0.2) is 0 Å². The molecule has 2 aromatic rings. The third kappa shape index (κ3) is 2.99. The maximum Gasteiger partial charge on any atom is 0.145 e. The van der Waals surface area contributed by atoms with Crippen molar-refractivity contribution < 1.29 is 9.47 Å². The highest BCUT2D eigenvalue weighted by Gasteiger charge is 2.07. The van der Waals surface area contributed by atoms with Crippen LogP contribution in [0, 0.1) is 13.8 Å². The predicted molar refractivity (Wildman–Crippen MR) is 77.7 cm³/mol. The molecule has 0 aliphatic heterocycles. The first kappa shape index (κ1) is 13.3. The third-order valence-corrected chi connectivity index (χ3v) is 3.05. The van der Waals surface area contributed by atoms with Gasteiger partial charge in [0.05, 0.1) is 12.8 Å². The number of ether oxygens (including phenoxy) is 2. The molecule has 0 radical (unpaired) electrons. The number of aryl methyl sites for hydroxylation is 2. The largest absolute Gasteiger partial charge is 0.496 e. The zero-order valence-electron chi connectivity index (χ0n) is 11.6. The molecule has 3 nitrogen and oxygen atoms in total. The van der Waals surface area contributed by atoms with Gasteiger partial charge in [0.1, 0.15) is 18.1 Å². The lowest BCUT2D eigenvalue weighted by molar-refractivity contribution is 0.296. The van der Waals surface area contributed by atoms with Crippen LogP contribution in [0.25, 0.3) is 0 Å². The van der Waals surface area contributed by atoms with Crippen molar-refractivity contribution in [1.82, 2.24) is 0 Å². The zero-order valence-corrected chi connectivity index (χ0v) is 11.6. The normalized spacial score (nSPS) is 10.3. The Hall–Kier alpha value is -2.16. The highest BCUT2D eigenvalue weighted by atomic mass is 16.5. The van der Waals surface area contributed by atoms with Crippen molar-refractivity contribution in [2.24, 2.45) is 0 Å². The summed E-state index contributed by atoms with van der Waals surface area (Å²) < 4.78 is 11.2. The molecule has 100 valence electrons. The SMILES string of the molecule is COc1ccc(C)cc1COc1c(C)cccc1N. The maximum atomic E-state index is 5.93. The van der Waals surface area contributed by atoms with Crippen LogP contribution in [-0.2, 0) is 6.61 Å². The van der Waals surface area contributed by atoms with Gasteiger partial charge in [-0.15, -0.1) is 0 Å². The first-order valence-corrected chi connectivity index (χ1v) is 6.23. The number of hydrogen-bond donors (Lipinski definition) is 1. The standard InChI is InChI=1S/C16H19NO2/c1-11-7-8-15(18-3)13(9-11)10-19-16-12(2)5-4-6-14(16)17/h4-9H,10,17H2,1-3H3. The molecule has 0 amide bonds. The van der Waals surface area contributed by atoms with E-state index in [0.717, 1.165) is 22.6 Å². The van der Waals surface area contributed by atoms with Crippen molar-refractivity contribution in [3.8, 4) is 11.5 Å². The summed E-state index contributed by atoms with van der Waals surface area (Å²) >= 11 is 0. The number of methoxy groups -OCH3 is 1. The Labute approximate surface area is 114 Å². The number of nitrogen functional groups attached to an aromatic ring is 1. The maximum absolute atomic E-state index is 5.93. The van der Waals surface area contributed by atoms with E-state index < -0.39 is 0 Å². The van der Waals surface area contributed by atoms with Crippen LogP contribution < -0.4 is 15.2 Å². The zero-order chi connectivity index (χ0) is 13.8. The second kappa shape index (κ2) is 5.65. The van der Waals surface area contributed by atoms with Gasteiger partial charge in [0, 0.05) is 5.56 Å². The van der Waals surface area contributed by atoms with Gasteiger partial charge < -0.3 is 15.2 Å². The number of para-hydroxylation sites is 1. The van der Waals surface area contributed by atoms with Crippen molar-refractivity contribution in [1.29, 1.82) is 0 Å². The Bertz CT molecular complexity index is 559. The van der Waals surface area contributed by atoms with Gasteiger partial charge in [-0.05, 0) is 37.6 Å². The van der Waals surface area contributed by atoms with E-state index in [4.69, 9.17) is 15.2 Å². The molecule has 19 heavy (non-hydrogen) atoms. The minimum atomic E-state index is 0.444. The van der Waals surface area contributed by atoms with Gasteiger partial charge in [0.15, 0.2) is 0 Å². The summed E-state index contributed by atoms with van der Waals surface area (Å²) in [6.45, 7) is 4.48. The van der Waals surface area contributed by atoms with Crippen molar-refractivity contribution in [3.05, 3.63) is 53.1 Å². The number of hydrogen-bond acceptors (Lipinski definition) is 3. The number of benzene rings is 2. The van der Waals surface area contributed by atoms with Crippen molar-refractivity contribution in [2.45, 2.75) is 20.5 Å². The fraction of sp³-hybridized carbons (Fsp3) is 0.250. The van der Waals surface area contributed by atoms with E-state index in [1.165, 1.54) is 5.56 Å². The van der Waals surface area contributed by atoms with E-state index in [1.807, 2.05) is 44.2 Å². The van der Waals surface area contributed by atoms with Crippen LogP contribution in [0.3, 0.4) is 0 Å². The van der Waals surface area contributed by atoms with Crippen LogP contribution in [0.2, 0.25) is 0 Å². The summed E-state index contributed by atoms with van der Waals surface area (Å²) in [4.78, 5) is 0. The predicted octanol–water partition coefficient (Wildman–Crippen LogP) is 3.47. The number of nitrogens with two attached hydrogens (primary N) is 1. The topological polar surface area (TPSA) is 44.5 Å². The molecule has 0 aromatic heterocycles. The van der Waals surface area contributed by atoms with Crippen LogP contribution in [0.15, 0.2) is 36.4 Å². The molecule has 0 spiro atoms. The Morgan fingerprint density at radius 1 is 1.11 bits per heavy atom. The third-order valence-electron chi connectivity index (χ3n) is 3.05.